The Morgan fingerprint density at radius 1 is 1.00 bits per heavy atom. The normalized spacial score (nSPS) is 13.0. The molecule has 0 unspecified atom stereocenters. The van der Waals surface area contributed by atoms with Crippen molar-refractivity contribution >= 4 is 23.3 Å². The number of rotatable bonds is 1. The van der Waals surface area contributed by atoms with Gasteiger partial charge in [0.1, 0.15) is 7.85 Å². The van der Waals surface area contributed by atoms with Crippen molar-refractivity contribution in [3.05, 3.63) is 24.3 Å². The van der Waals surface area contributed by atoms with Gasteiger partial charge in [0.2, 0.25) is 0 Å². The molecule has 0 atom stereocenters. The molecule has 1 aromatic carbocycles. The van der Waals surface area contributed by atoms with Crippen LogP contribution in [0.5, 0.6) is 0 Å². The Kier molecular flexibility index (Phi) is 2.33. The lowest BCUT2D eigenvalue weighted by atomic mass is 9.97. The molecular weight excluding hydrogens is 151 g/mol. The molecule has 0 aromatic heterocycles. The summed E-state index contributed by atoms with van der Waals surface area (Å²) in [5.41, 5.74) is 0.845. The Bertz CT molecular complexity index is 233. The van der Waals surface area contributed by atoms with E-state index in [4.69, 9.17) is 7.85 Å². The Balaban J connectivity index is 2.99. The summed E-state index contributed by atoms with van der Waals surface area (Å²) in [6, 6.07) is 8.16. The van der Waals surface area contributed by atoms with Crippen molar-refractivity contribution in [3.63, 3.8) is 0 Å². The van der Waals surface area contributed by atoms with Gasteiger partial charge >= 0.3 is 0 Å². The van der Waals surface area contributed by atoms with Gasteiger partial charge in [-0.25, -0.2) is 10.0 Å². The molecule has 0 aliphatic carbocycles. The summed E-state index contributed by atoms with van der Waals surface area (Å²) in [7, 11) is 5.00. The zero-order chi connectivity index (χ0) is 8.48. The molecule has 0 saturated carbocycles. The summed E-state index contributed by atoms with van der Waals surface area (Å²) in [6.07, 6.45) is 6.83. The van der Waals surface area contributed by atoms with Crippen molar-refractivity contribution in [3.8, 4) is 0 Å². The molecule has 0 fully saturated rings. The van der Waals surface area contributed by atoms with Crippen LogP contribution in [0.15, 0.2) is 29.2 Å². The van der Waals surface area contributed by atoms with Crippen molar-refractivity contribution in [1.82, 2.24) is 0 Å². The van der Waals surface area contributed by atoms with E-state index in [1.54, 1.807) is 0 Å². The van der Waals surface area contributed by atoms with Crippen LogP contribution in [0.2, 0.25) is 0 Å². The van der Waals surface area contributed by atoms with Gasteiger partial charge in [0.25, 0.3) is 0 Å². The molecule has 0 aliphatic heterocycles. The van der Waals surface area contributed by atoms with E-state index in [9.17, 15) is 0 Å². The Morgan fingerprint density at radius 3 is 1.82 bits per heavy atom. The maximum atomic E-state index is 5.58. The quantitative estimate of drug-likeness (QED) is 0.552. The minimum absolute atomic E-state index is 0.575. The summed E-state index contributed by atoms with van der Waals surface area (Å²) in [5, 5.41) is 0. The van der Waals surface area contributed by atoms with Crippen LogP contribution in [0, 0.1) is 0 Å². The van der Waals surface area contributed by atoms with E-state index in [-0.39, 0.29) is 0 Å². The van der Waals surface area contributed by atoms with Crippen molar-refractivity contribution < 1.29 is 0 Å². The fourth-order valence-corrected chi connectivity index (χ4v) is 1.83. The van der Waals surface area contributed by atoms with Gasteiger partial charge in [0.15, 0.2) is 0 Å². The predicted molar refractivity (Wildman–Crippen MR) is 55.5 cm³/mol. The summed E-state index contributed by atoms with van der Waals surface area (Å²) in [4.78, 5) is 1.41. The molecule has 0 bridgehead atoms. The minimum atomic E-state index is -0.575. The third kappa shape index (κ3) is 2.30. The first-order valence-corrected chi connectivity index (χ1v) is 6.40. The van der Waals surface area contributed by atoms with Gasteiger partial charge in [0.05, 0.1) is 0 Å². The summed E-state index contributed by atoms with van der Waals surface area (Å²) >= 11 is 0. The van der Waals surface area contributed by atoms with Crippen molar-refractivity contribution in [2.45, 2.75) is 4.90 Å². The summed E-state index contributed by atoms with van der Waals surface area (Å²) in [5.74, 6) is 0. The van der Waals surface area contributed by atoms with Gasteiger partial charge in [-0.2, -0.15) is 0 Å². The molecule has 0 amide bonds. The average Bonchev–Trinajstić information content (AvgIpc) is 1.86. The van der Waals surface area contributed by atoms with Crippen LogP contribution in [0.25, 0.3) is 0 Å². The standard InChI is InChI=1S/C9H13BS/c1-11(2,3)9-6-4-8(10)5-7-9/h4-7H,1-3H3. The average molecular weight is 164 g/mol. The van der Waals surface area contributed by atoms with Crippen LogP contribution in [-0.4, -0.2) is 26.6 Å². The lowest BCUT2D eigenvalue weighted by Gasteiger charge is -2.25. The lowest BCUT2D eigenvalue weighted by molar-refractivity contribution is 1.46. The van der Waals surface area contributed by atoms with Gasteiger partial charge in [-0.3, -0.25) is 0 Å². The van der Waals surface area contributed by atoms with Crippen molar-refractivity contribution in [2.24, 2.45) is 0 Å². The largest absolute Gasteiger partial charge is 0.223 e. The minimum Gasteiger partial charge on any atom is -0.223 e. The van der Waals surface area contributed by atoms with Crippen LogP contribution in [0.4, 0.5) is 0 Å². The molecule has 0 heterocycles. The highest BCUT2D eigenvalue weighted by molar-refractivity contribution is 8.32. The van der Waals surface area contributed by atoms with Crippen LogP contribution in [-0.2, 0) is 0 Å². The van der Waals surface area contributed by atoms with E-state index in [0.717, 1.165) is 5.46 Å². The van der Waals surface area contributed by atoms with E-state index in [2.05, 4.69) is 30.9 Å². The van der Waals surface area contributed by atoms with Gasteiger partial charge in [-0.15, -0.1) is 0 Å². The highest BCUT2D eigenvalue weighted by atomic mass is 32.3. The molecule has 0 spiro atoms. The number of hydrogen-bond acceptors (Lipinski definition) is 0. The SMILES string of the molecule is [B]c1ccc(S(C)(C)C)cc1. The molecule has 1 rings (SSSR count). The van der Waals surface area contributed by atoms with E-state index in [1.807, 2.05) is 12.1 Å². The molecule has 2 heteroatoms. The molecule has 58 valence electrons. The smallest absolute Gasteiger partial charge is 0.113 e. The molecule has 1 aromatic rings. The Hall–Kier alpha value is -0.365. The first kappa shape index (κ1) is 8.73. The first-order chi connectivity index (χ1) is 5.00. The van der Waals surface area contributed by atoms with Crippen molar-refractivity contribution in [1.29, 1.82) is 0 Å². The molecule has 0 aliphatic rings. The second-order valence-electron chi connectivity index (χ2n) is 3.41. The van der Waals surface area contributed by atoms with Gasteiger partial charge in [-0.05, 0) is 23.7 Å². The zero-order valence-corrected chi connectivity index (χ0v) is 8.11. The molecule has 11 heavy (non-hydrogen) atoms. The van der Waals surface area contributed by atoms with Crippen LogP contribution in [0.1, 0.15) is 0 Å². The predicted octanol–water partition coefficient (Wildman–Crippen LogP) is 1.53. The molecule has 0 nitrogen and oxygen atoms in total. The first-order valence-electron chi connectivity index (χ1n) is 3.54. The fraction of sp³-hybridized carbons (Fsp3) is 0.333. The monoisotopic (exact) mass is 164 g/mol. The Labute approximate surface area is 71.7 Å². The number of benzene rings is 1. The van der Waals surface area contributed by atoms with Gasteiger partial charge < -0.3 is 0 Å². The summed E-state index contributed by atoms with van der Waals surface area (Å²) in [6.45, 7) is 0. The van der Waals surface area contributed by atoms with Crippen molar-refractivity contribution in [2.75, 3.05) is 18.8 Å². The number of hydrogen-bond donors (Lipinski definition) is 0. The topological polar surface area (TPSA) is 0 Å². The van der Waals surface area contributed by atoms with E-state index in [1.165, 1.54) is 4.90 Å². The molecule has 0 saturated heterocycles. The highest BCUT2D eigenvalue weighted by Crippen LogP contribution is 2.44. The maximum Gasteiger partial charge on any atom is 0.113 e. The molecule has 0 N–H and O–H groups in total. The zero-order valence-electron chi connectivity index (χ0n) is 7.29. The second-order valence-corrected chi connectivity index (χ2v) is 7.55. The van der Waals surface area contributed by atoms with E-state index >= 15 is 0 Å². The third-order valence-corrected chi connectivity index (χ3v) is 3.27. The highest BCUT2D eigenvalue weighted by Gasteiger charge is 2.05. The molecule has 2 radical (unpaired) electrons. The van der Waals surface area contributed by atoms with E-state index < -0.39 is 10.0 Å². The lowest BCUT2D eigenvalue weighted by Crippen LogP contribution is -2.01. The van der Waals surface area contributed by atoms with Crippen LogP contribution < -0.4 is 5.46 Å². The van der Waals surface area contributed by atoms with Gasteiger partial charge in [-0.1, -0.05) is 29.7 Å². The Morgan fingerprint density at radius 2 is 1.45 bits per heavy atom. The van der Waals surface area contributed by atoms with E-state index in [0.29, 0.717) is 0 Å². The van der Waals surface area contributed by atoms with Gasteiger partial charge in [0, 0.05) is 0 Å². The second kappa shape index (κ2) is 2.94. The van der Waals surface area contributed by atoms with Crippen LogP contribution >= 0.6 is 10.0 Å². The third-order valence-electron chi connectivity index (χ3n) is 1.59. The summed E-state index contributed by atoms with van der Waals surface area (Å²) < 4.78 is 0. The van der Waals surface area contributed by atoms with Crippen LogP contribution in [0.3, 0.4) is 0 Å². The fourth-order valence-electron chi connectivity index (χ4n) is 0.876. The molecular formula is C9H13BS. The maximum absolute atomic E-state index is 5.58.